The number of non-ortho nitro benzene ring substituents is 1. The van der Waals surface area contributed by atoms with Crippen LogP contribution in [0.15, 0.2) is 82.2 Å². The average Bonchev–Trinajstić information content (AvgIpc) is 2.93. The maximum Gasteiger partial charge on any atom is 0.271 e. The molecule has 0 amide bonds. The number of thioether (sulfide) groups is 1. The van der Waals surface area contributed by atoms with E-state index in [0.29, 0.717) is 23.4 Å². The van der Waals surface area contributed by atoms with E-state index < -0.39 is 16.3 Å². The molecule has 1 atom stereocenters. The van der Waals surface area contributed by atoms with Crippen LogP contribution in [0, 0.1) is 46.5 Å². The quantitative estimate of drug-likeness (QED) is 0.168. The van der Waals surface area contributed by atoms with Gasteiger partial charge in [-0.1, -0.05) is 43.1 Å². The number of rotatable bonds is 6. The number of ketones is 1. The van der Waals surface area contributed by atoms with E-state index >= 15 is 0 Å². The van der Waals surface area contributed by atoms with E-state index in [0.717, 1.165) is 27.1 Å². The van der Waals surface area contributed by atoms with Crippen LogP contribution >= 0.6 is 23.4 Å². The molecule has 1 aliphatic carbocycles. The first-order valence-corrected chi connectivity index (χ1v) is 15.1. The Bertz CT molecular complexity index is 1780. The Labute approximate surface area is 259 Å². The fraction of sp³-hybridized carbons (Fsp3) is 0.273. The number of nitriles is 1. The van der Waals surface area contributed by atoms with Crippen LogP contribution in [0.25, 0.3) is 0 Å². The summed E-state index contributed by atoms with van der Waals surface area (Å²) in [6.07, 6.45) is 0.719. The fourth-order valence-electron chi connectivity index (χ4n) is 5.99. The van der Waals surface area contributed by atoms with Gasteiger partial charge in [0.05, 0.1) is 33.2 Å². The Morgan fingerprint density at radius 3 is 2.51 bits per heavy atom. The van der Waals surface area contributed by atoms with E-state index in [2.05, 4.69) is 12.1 Å². The van der Waals surface area contributed by atoms with Gasteiger partial charge < -0.3 is 5.73 Å². The van der Waals surface area contributed by atoms with Gasteiger partial charge in [-0.05, 0) is 72.7 Å². The van der Waals surface area contributed by atoms with Crippen molar-refractivity contribution in [2.45, 2.75) is 57.1 Å². The molecule has 43 heavy (non-hydrogen) atoms. The van der Waals surface area contributed by atoms with Crippen LogP contribution in [0.1, 0.15) is 54.9 Å². The summed E-state index contributed by atoms with van der Waals surface area (Å²) in [7, 11) is 0. The van der Waals surface area contributed by atoms with Crippen molar-refractivity contribution in [3.05, 3.63) is 120 Å². The molecule has 3 aromatic carbocycles. The Hall–Kier alpha value is -4.13. The molecule has 0 radical (unpaired) electrons. The lowest BCUT2D eigenvalue weighted by atomic mass is 9.68. The van der Waals surface area contributed by atoms with Gasteiger partial charge in [-0.25, -0.2) is 4.39 Å². The molecule has 1 unspecified atom stereocenters. The summed E-state index contributed by atoms with van der Waals surface area (Å²) in [5, 5.41) is 22.4. The number of benzene rings is 3. The van der Waals surface area contributed by atoms with Crippen LogP contribution in [-0.2, 0) is 10.5 Å². The number of nitrogens with zero attached hydrogens (tertiary/aromatic N) is 3. The van der Waals surface area contributed by atoms with Crippen LogP contribution in [0.4, 0.5) is 15.8 Å². The van der Waals surface area contributed by atoms with Gasteiger partial charge in [0.25, 0.3) is 5.69 Å². The SMILES string of the molecule is Cc1cc(CSc2ccc(F)cc2)c(C)c(C2C(C#N)=C(N)N(c3cc([N+](=O)[O-])ccc3Cl)C3=C2C(=O)CC(C)(C)C3)c1. The van der Waals surface area contributed by atoms with E-state index in [-0.39, 0.29) is 45.8 Å². The fourth-order valence-corrected chi connectivity index (χ4v) is 7.14. The van der Waals surface area contributed by atoms with Crippen molar-refractivity contribution in [3.8, 4) is 6.07 Å². The zero-order chi connectivity index (χ0) is 31.2. The molecule has 10 heteroatoms. The summed E-state index contributed by atoms with van der Waals surface area (Å²) in [5.74, 6) is -0.434. The van der Waals surface area contributed by atoms with E-state index in [1.54, 1.807) is 28.8 Å². The van der Waals surface area contributed by atoms with Crippen molar-refractivity contribution in [3.63, 3.8) is 0 Å². The van der Waals surface area contributed by atoms with Gasteiger partial charge >= 0.3 is 0 Å². The van der Waals surface area contributed by atoms with Gasteiger partial charge in [-0.2, -0.15) is 5.26 Å². The number of Topliss-reactive ketones (excluding diaryl/α,β-unsaturated/α-hetero) is 1. The number of carbonyl (C=O) groups excluding carboxylic acids is 1. The second-order valence-corrected chi connectivity index (χ2v) is 13.2. The zero-order valence-electron chi connectivity index (χ0n) is 24.2. The summed E-state index contributed by atoms with van der Waals surface area (Å²) < 4.78 is 13.4. The van der Waals surface area contributed by atoms with Gasteiger partial charge in [0, 0.05) is 40.5 Å². The Balaban J connectivity index is 1.70. The van der Waals surface area contributed by atoms with Gasteiger partial charge in [0.15, 0.2) is 5.78 Å². The van der Waals surface area contributed by atoms with Crippen LogP contribution < -0.4 is 10.6 Å². The second kappa shape index (κ2) is 11.5. The van der Waals surface area contributed by atoms with Gasteiger partial charge in [-0.3, -0.25) is 19.8 Å². The predicted molar refractivity (Wildman–Crippen MR) is 167 cm³/mol. The molecule has 0 bridgehead atoms. The van der Waals surface area contributed by atoms with Crippen molar-refractivity contribution in [1.82, 2.24) is 0 Å². The highest BCUT2D eigenvalue weighted by molar-refractivity contribution is 7.98. The number of hydrogen-bond acceptors (Lipinski definition) is 7. The number of nitrogens with two attached hydrogens (primary N) is 1. The summed E-state index contributed by atoms with van der Waals surface area (Å²) >= 11 is 8.16. The predicted octanol–water partition coefficient (Wildman–Crippen LogP) is 8.24. The van der Waals surface area contributed by atoms with Crippen LogP contribution in [0.5, 0.6) is 0 Å². The largest absolute Gasteiger partial charge is 0.384 e. The Kier molecular flexibility index (Phi) is 8.12. The molecule has 220 valence electrons. The normalized spacial score (nSPS) is 18.0. The van der Waals surface area contributed by atoms with Crippen molar-refractivity contribution in [2.75, 3.05) is 4.90 Å². The Morgan fingerprint density at radius 2 is 1.86 bits per heavy atom. The van der Waals surface area contributed by atoms with Gasteiger partial charge in [-0.15, -0.1) is 11.8 Å². The minimum atomic E-state index is -0.716. The topological polar surface area (TPSA) is 113 Å². The van der Waals surface area contributed by atoms with Crippen molar-refractivity contribution in [2.24, 2.45) is 11.1 Å². The maximum atomic E-state index is 14.0. The molecule has 2 N–H and O–H groups in total. The molecule has 1 aliphatic heterocycles. The molecule has 0 saturated heterocycles. The second-order valence-electron chi connectivity index (χ2n) is 11.8. The molecule has 7 nitrogen and oxygen atoms in total. The standard InChI is InChI=1S/C33H30ClFN4O3S/c1-18-11-20(17-43-23-8-5-21(35)6-9-23)19(2)24(12-18)30-25(16-36)32(37)38(27-13-22(39(41)42)7-10-26(27)34)28-14-33(3,4)15-29(40)31(28)30/h5-13,30H,14-15,17,37H2,1-4H3. The summed E-state index contributed by atoms with van der Waals surface area (Å²) in [6.45, 7) is 7.91. The maximum absolute atomic E-state index is 14.0. The monoisotopic (exact) mass is 616 g/mol. The Morgan fingerprint density at radius 1 is 1.16 bits per heavy atom. The summed E-state index contributed by atoms with van der Waals surface area (Å²) in [5.41, 5.74) is 11.4. The van der Waals surface area contributed by atoms with E-state index in [9.17, 15) is 24.6 Å². The molecular formula is C33H30ClFN4O3S. The third kappa shape index (κ3) is 5.77. The number of nitro benzene ring substituents is 1. The highest BCUT2D eigenvalue weighted by atomic mass is 35.5. The number of hydrogen-bond donors (Lipinski definition) is 1. The molecule has 1 heterocycles. The minimum Gasteiger partial charge on any atom is -0.384 e. The highest BCUT2D eigenvalue weighted by Gasteiger charge is 2.45. The first kappa shape index (κ1) is 30.3. The smallest absolute Gasteiger partial charge is 0.271 e. The van der Waals surface area contributed by atoms with E-state index in [1.807, 2.05) is 33.8 Å². The summed E-state index contributed by atoms with van der Waals surface area (Å²) in [4.78, 5) is 27.6. The number of allylic oxidation sites excluding steroid dienone is 3. The lowest BCUT2D eigenvalue weighted by Gasteiger charge is -2.44. The van der Waals surface area contributed by atoms with Crippen molar-refractivity contribution in [1.29, 1.82) is 5.26 Å². The van der Waals surface area contributed by atoms with Crippen LogP contribution in [0.2, 0.25) is 5.02 Å². The van der Waals surface area contributed by atoms with Crippen molar-refractivity contribution < 1.29 is 14.1 Å². The molecule has 2 aliphatic rings. The highest BCUT2D eigenvalue weighted by Crippen LogP contribution is 2.52. The minimum absolute atomic E-state index is 0.0855. The third-order valence-corrected chi connectivity index (χ3v) is 9.36. The molecule has 0 aromatic heterocycles. The van der Waals surface area contributed by atoms with E-state index in [1.165, 1.54) is 30.3 Å². The molecular weight excluding hydrogens is 587 g/mol. The van der Waals surface area contributed by atoms with Crippen LogP contribution in [-0.4, -0.2) is 10.7 Å². The zero-order valence-corrected chi connectivity index (χ0v) is 25.8. The number of aryl methyl sites for hydroxylation is 1. The van der Waals surface area contributed by atoms with Crippen molar-refractivity contribution >= 4 is 40.5 Å². The summed E-state index contributed by atoms with van der Waals surface area (Å²) in [6, 6.07) is 16.7. The molecule has 0 fully saturated rings. The van der Waals surface area contributed by atoms with Crippen LogP contribution in [0.3, 0.4) is 0 Å². The van der Waals surface area contributed by atoms with E-state index in [4.69, 9.17) is 17.3 Å². The number of carbonyl (C=O) groups is 1. The number of halogens is 2. The molecule has 0 saturated carbocycles. The first-order valence-electron chi connectivity index (χ1n) is 13.7. The lowest BCUT2D eigenvalue weighted by molar-refractivity contribution is -0.384. The first-order chi connectivity index (χ1) is 20.3. The third-order valence-electron chi connectivity index (χ3n) is 7.98. The molecule has 0 spiro atoms. The average molecular weight is 617 g/mol. The number of nitro groups is 1. The van der Waals surface area contributed by atoms with Gasteiger partial charge in [0.1, 0.15) is 11.6 Å². The molecule has 5 rings (SSSR count). The lowest BCUT2D eigenvalue weighted by Crippen LogP contribution is -2.42. The molecule has 3 aromatic rings. The van der Waals surface area contributed by atoms with Gasteiger partial charge in [0.2, 0.25) is 0 Å². The number of anilines is 1.